The van der Waals surface area contributed by atoms with Crippen LogP contribution >= 0.6 is 11.8 Å². The molecular formula is C30H21N3O2S. The van der Waals surface area contributed by atoms with Crippen LogP contribution in [-0.2, 0) is 4.79 Å². The standard InChI is InChI=1S/C30H21N3O2S/c1-2-17-33-29(34)27(36-30(33)31-25-14-8-12-21-9-6-7-13-23(21)25)19-20-15-16-26-24(18-20)28(35-32-26)22-10-4-3-5-11-22/h2-16,18-19H,1,17H2/b27-19-,31-30?. The lowest BCUT2D eigenvalue weighted by molar-refractivity contribution is -0.121. The number of hydrogen-bond acceptors (Lipinski definition) is 5. The van der Waals surface area contributed by atoms with Crippen molar-refractivity contribution in [1.29, 1.82) is 0 Å². The first-order valence-corrected chi connectivity index (χ1v) is 12.4. The molecule has 5 aromatic rings. The van der Waals surface area contributed by atoms with Crippen molar-refractivity contribution in [2.45, 2.75) is 0 Å². The fourth-order valence-corrected chi connectivity index (χ4v) is 5.29. The number of rotatable bonds is 5. The van der Waals surface area contributed by atoms with Gasteiger partial charge in [0.05, 0.1) is 16.0 Å². The summed E-state index contributed by atoms with van der Waals surface area (Å²) in [5.74, 6) is 0.621. The number of carbonyl (C=O) groups is 1. The Kier molecular flexibility index (Phi) is 5.71. The molecule has 0 unspecified atom stereocenters. The highest BCUT2D eigenvalue weighted by atomic mass is 32.2. The van der Waals surface area contributed by atoms with Gasteiger partial charge in [0.2, 0.25) is 0 Å². The average Bonchev–Trinajstić information content (AvgIpc) is 3.46. The maximum atomic E-state index is 13.3. The number of amides is 1. The molecule has 4 aromatic carbocycles. The van der Waals surface area contributed by atoms with E-state index in [1.54, 1.807) is 11.0 Å². The van der Waals surface area contributed by atoms with Crippen LogP contribution in [0, 0.1) is 0 Å². The Balaban J connectivity index is 1.39. The fourth-order valence-electron chi connectivity index (χ4n) is 4.29. The van der Waals surface area contributed by atoms with E-state index in [-0.39, 0.29) is 5.91 Å². The third-order valence-electron chi connectivity index (χ3n) is 6.02. The second-order valence-electron chi connectivity index (χ2n) is 8.36. The molecule has 1 aliphatic rings. The van der Waals surface area contributed by atoms with Crippen molar-refractivity contribution in [3.05, 3.63) is 114 Å². The second-order valence-corrected chi connectivity index (χ2v) is 9.37. The number of aromatic nitrogens is 1. The van der Waals surface area contributed by atoms with Crippen LogP contribution in [0.15, 0.2) is 118 Å². The largest absolute Gasteiger partial charge is 0.355 e. The Bertz CT molecular complexity index is 1680. The van der Waals surface area contributed by atoms with Crippen LogP contribution in [0.4, 0.5) is 5.69 Å². The highest BCUT2D eigenvalue weighted by molar-refractivity contribution is 8.18. The summed E-state index contributed by atoms with van der Waals surface area (Å²) in [6.45, 7) is 4.22. The lowest BCUT2D eigenvalue weighted by Gasteiger charge is -2.13. The molecular weight excluding hydrogens is 466 g/mol. The number of benzene rings is 4. The van der Waals surface area contributed by atoms with Crippen molar-refractivity contribution >= 4 is 56.3 Å². The molecule has 6 heteroatoms. The molecule has 0 bridgehead atoms. The molecule has 1 aromatic heterocycles. The Morgan fingerprint density at radius 1 is 0.944 bits per heavy atom. The Labute approximate surface area is 212 Å². The van der Waals surface area contributed by atoms with Gasteiger partial charge >= 0.3 is 0 Å². The summed E-state index contributed by atoms with van der Waals surface area (Å²) in [6, 6.07) is 29.9. The van der Waals surface area contributed by atoms with Crippen molar-refractivity contribution < 1.29 is 9.32 Å². The third-order valence-corrected chi connectivity index (χ3v) is 7.02. The number of nitrogens with zero attached hydrogens (tertiary/aromatic N) is 3. The molecule has 0 saturated carbocycles. The summed E-state index contributed by atoms with van der Waals surface area (Å²) in [5.41, 5.74) is 3.45. The minimum absolute atomic E-state index is 0.0902. The first-order chi connectivity index (χ1) is 17.7. The van der Waals surface area contributed by atoms with Crippen molar-refractivity contribution in [2.24, 2.45) is 4.99 Å². The second kappa shape index (κ2) is 9.32. The minimum atomic E-state index is -0.0902. The van der Waals surface area contributed by atoms with Gasteiger partial charge in [0.15, 0.2) is 10.9 Å². The van der Waals surface area contributed by atoms with Crippen LogP contribution in [-0.4, -0.2) is 27.7 Å². The van der Waals surface area contributed by atoms with E-state index in [4.69, 9.17) is 9.52 Å². The SMILES string of the molecule is C=CCN1C(=O)/C(=C/c2ccc3noc(-c4ccccc4)c3c2)SC1=Nc1cccc2ccccc12. The highest BCUT2D eigenvalue weighted by Crippen LogP contribution is 2.37. The summed E-state index contributed by atoms with van der Waals surface area (Å²) in [4.78, 5) is 20.5. The molecule has 36 heavy (non-hydrogen) atoms. The van der Waals surface area contributed by atoms with Gasteiger partial charge in [0, 0.05) is 17.5 Å². The van der Waals surface area contributed by atoms with Gasteiger partial charge in [-0.3, -0.25) is 9.69 Å². The molecule has 0 atom stereocenters. The quantitative estimate of drug-likeness (QED) is 0.191. The fraction of sp³-hybridized carbons (Fsp3) is 0.0333. The maximum Gasteiger partial charge on any atom is 0.267 e. The normalized spacial score (nSPS) is 16.0. The van der Waals surface area contributed by atoms with Gasteiger partial charge in [-0.15, -0.1) is 6.58 Å². The van der Waals surface area contributed by atoms with Gasteiger partial charge in [-0.05, 0) is 47.0 Å². The maximum absolute atomic E-state index is 13.3. The topological polar surface area (TPSA) is 58.7 Å². The predicted molar refractivity (Wildman–Crippen MR) is 148 cm³/mol. The van der Waals surface area contributed by atoms with Gasteiger partial charge in [0.1, 0.15) is 5.52 Å². The van der Waals surface area contributed by atoms with E-state index in [1.807, 2.05) is 84.9 Å². The molecule has 0 radical (unpaired) electrons. The van der Waals surface area contributed by atoms with Crippen LogP contribution in [0.5, 0.6) is 0 Å². The lowest BCUT2D eigenvalue weighted by Crippen LogP contribution is -2.29. The summed E-state index contributed by atoms with van der Waals surface area (Å²) in [7, 11) is 0. The van der Waals surface area contributed by atoms with E-state index < -0.39 is 0 Å². The van der Waals surface area contributed by atoms with E-state index in [0.29, 0.717) is 22.4 Å². The van der Waals surface area contributed by atoms with Crippen LogP contribution in [0.2, 0.25) is 0 Å². The highest BCUT2D eigenvalue weighted by Gasteiger charge is 2.32. The van der Waals surface area contributed by atoms with Crippen molar-refractivity contribution in [3.8, 4) is 11.3 Å². The van der Waals surface area contributed by atoms with Crippen molar-refractivity contribution in [1.82, 2.24) is 10.1 Å². The molecule has 1 fully saturated rings. The smallest absolute Gasteiger partial charge is 0.267 e. The van der Waals surface area contributed by atoms with E-state index in [1.165, 1.54) is 11.8 Å². The number of carbonyl (C=O) groups excluding carboxylic acids is 1. The Morgan fingerprint density at radius 2 is 1.75 bits per heavy atom. The summed E-state index contributed by atoms with van der Waals surface area (Å²) >= 11 is 1.37. The van der Waals surface area contributed by atoms with Crippen molar-refractivity contribution in [3.63, 3.8) is 0 Å². The number of fused-ring (bicyclic) bond motifs is 2. The lowest BCUT2D eigenvalue weighted by atomic mass is 10.1. The molecule has 0 spiro atoms. The van der Waals surface area contributed by atoms with Gasteiger partial charge in [-0.25, -0.2) is 4.99 Å². The zero-order valence-corrected chi connectivity index (χ0v) is 20.1. The van der Waals surface area contributed by atoms with Crippen LogP contribution in [0.25, 0.3) is 39.1 Å². The summed E-state index contributed by atoms with van der Waals surface area (Å²) < 4.78 is 5.63. The Morgan fingerprint density at radius 3 is 2.61 bits per heavy atom. The monoisotopic (exact) mass is 487 g/mol. The number of aliphatic imine (C=N–C) groups is 1. The molecule has 174 valence electrons. The van der Waals surface area contributed by atoms with Crippen LogP contribution < -0.4 is 0 Å². The zero-order valence-electron chi connectivity index (χ0n) is 19.3. The third kappa shape index (κ3) is 4.01. The van der Waals surface area contributed by atoms with Gasteiger partial charge in [-0.1, -0.05) is 84.0 Å². The zero-order chi connectivity index (χ0) is 24.5. The number of amidine groups is 1. The first-order valence-electron chi connectivity index (χ1n) is 11.5. The molecule has 1 saturated heterocycles. The van der Waals surface area contributed by atoms with Gasteiger partial charge in [0.25, 0.3) is 5.91 Å². The van der Waals surface area contributed by atoms with E-state index in [2.05, 4.69) is 23.9 Å². The Hall–Kier alpha value is -4.42. The summed E-state index contributed by atoms with van der Waals surface area (Å²) in [6.07, 6.45) is 3.62. The van der Waals surface area contributed by atoms with E-state index in [0.717, 1.165) is 38.5 Å². The van der Waals surface area contributed by atoms with Crippen LogP contribution in [0.1, 0.15) is 5.56 Å². The molecule has 5 nitrogen and oxygen atoms in total. The van der Waals surface area contributed by atoms with Crippen LogP contribution in [0.3, 0.4) is 0 Å². The molecule has 1 aliphatic heterocycles. The first kappa shape index (κ1) is 22.1. The molecule has 2 heterocycles. The molecule has 0 N–H and O–H groups in total. The van der Waals surface area contributed by atoms with Gasteiger partial charge < -0.3 is 4.52 Å². The predicted octanol–water partition coefficient (Wildman–Crippen LogP) is 7.44. The molecule has 1 amide bonds. The molecule has 0 aliphatic carbocycles. The minimum Gasteiger partial charge on any atom is -0.355 e. The number of hydrogen-bond donors (Lipinski definition) is 0. The summed E-state index contributed by atoms with van der Waals surface area (Å²) in [5, 5.41) is 7.89. The van der Waals surface area contributed by atoms with Crippen molar-refractivity contribution in [2.75, 3.05) is 6.54 Å². The van der Waals surface area contributed by atoms with E-state index >= 15 is 0 Å². The molecule has 6 rings (SSSR count). The average molecular weight is 488 g/mol. The van der Waals surface area contributed by atoms with E-state index in [9.17, 15) is 4.79 Å². The van der Waals surface area contributed by atoms with Gasteiger partial charge in [-0.2, -0.15) is 0 Å². The number of thioether (sulfide) groups is 1.